The van der Waals surface area contributed by atoms with E-state index in [1.807, 2.05) is 6.92 Å². The third kappa shape index (κ3) is 4.75. The molecule has 0 bridgehead atoms. The lowest BCUT2D eigenvalue weighted by Gasteiger charge is -2.32. The van der Waals surface area contributed by atoms with Crippen molar-refractivity contribution in [3.63, 3.8) is 0 Å². The van der Waals surface area contributed by atoms with Gasteiger partial charge >= 0.3 is 0 Å². The maximum Gasteiger partial charge on any atom is 0.0662 e. The first-order valence-corrected chi connectivity index (χ1v) is 7.35. The fraction of sp³-hybridized carbons (Fsp3) is 1.00. The molecular formula is C12H25NOS. The maximum atomic E-state index is 9.54. The van der Waals surface area contributed by atoms with Crippen molar-refractivity contribution in [1.29, 1.82) is 0 Å². The average Bonchev–Trinajstić information content (AvgIpc) is 2.28. The molecule has 1 fully saturated rings. The standard InChI is InChI=1S/C12H25NOS/c1-3-10(14)9-13-11-7-5-6-8-12(11)15-4-2/h10-14H,3-9H2,1-2H3/t10-,11?,12?/m1/s1. The van der Waals surface area contributed by atoms with E-state index in [-0.39, 0.29) is 6.10 Å². The Labute approximate surface area is 98.2 Å². The van der Waals surface area contributed by atoms with Crippen molar-refractivity contribution in [3.8, 4) is 0 Å². The van der Waals surface area contributed by atoms with E-state index in [2.05, 4.69) is 24.0 Å². The van der Waals surface area contributed by atoms with Crippen LogP contribution in [0.4, 0.5) is 0 Å². The highest BCUT2D eigenvalue weighted by Gasteiger charge is 2.24. The van der Waals surface area contributed by atoms with Gasteiger partial charge in [-0.1, -0.05) is 26.7 Å². The molecule has 0 heterocycles. The molecule has 0 aromatic rings. The molecule has 1 aliphatic carbocycles. The Kier molecular flexibility index (Phi) is 6.69. The minimum absolute atomic E-state index is 0.167. The number of aliphatic hydroxyl groups is 1. The lowest BCUT2D eigenvalue weighted by molar-refractivity contribution is 0.159. The minimum atomic E-state index is -0.167. The third-order valence-corrected chi connectivity index (χ3v) is 4.50. The van der Waals surface area contributed by atoms with E-state index in [4.69, 9.17) is 0 Å². The zero-order valence-corrected chi connectivity index (χ0v) is 10.9. The molecule has 0 spiro atoms. The lowest BCUT2D eigenvalue weighted by atomic mass is 9.94. The van der Waals surface area contributed by atoms with Crippen LogP contribution in [0, 0.1) is 0 Å². The molecule has 0 amide bonds. The Hall–Kier alpha value is 0.270. The van der Waals surface area contributed by atoms with Crippen molar-refractivity contribution in [2.24, 2.45) is 0 Å². The second-order valence-electron chi connectivity index (χ2n) is 4.36. The van der Waals surface area contributed by atoms with Crippen molar-refractivity contribution in [1.82, 2.24) is 5.32 Å². The van der Waals surface area contributed by atoms with Crippen LogP contribution < -0.4 is 5.32 Å². The molecule has 3 atom stereocenters. The molecule has 15 heavy (non-hydrogen) atoms. The summed E-state index contributed by atoms with van der Waals surface area (Å²) in [6.45, 7) is 5.03. The number of hydrogen-bond acceptors (Lipinski definition) is 3. The highest BCUT2D eigenvalue weighted by Crippen LogP contribution is 2.28. The number of aliphatic hydroxyl groups excluding tert-OH is 1. The van der Waals surface area contributed by atoms with Gasteiger partial charge < -0.3 is 10.4 Å². The van der Waals surface area contributed by atoms with Crippen LogP contribution in [0.2, 0.25) is 0 Å². The first kappa shape index (κ1) is 13.3. The van der Waals surface area contributed by atoms with E-state index in [9.17, 15) is 5.11 Å². The van der Waals surface area contributed by atoms with Crippen LogP contribution in [0.1, 0.15) is 46.0 Å². The molecule has 0 aromatic heterocycles. The topological polar surface area (TPSA) is 32.3 Å². The number of hydrogen-bond donors (Lipinski definition) is 2. The van der Waals surface area contributed by atoms with Gasteiger partial charge in [0.25, 0.3) is 0 Å². The summed E-state index contributed by atoms with van der Waals surface area (Å²) in [4.78, 5) is 0. The molecule has 2 N–H and O–H groups in total. The van der Waals surface area contributed by atoms with E-state index < -0.39 is 0 Å². The van der Waals surface area contributed by atoms with E-state index in [0.717, 1.165) is 18.2 Å². The predicted octanol–water partition coefficient (Wildman–Crippen LogP) is 2.41. The fourth-order valence-corrected chi connectivity index (χ4v) is 3.40. The number of thioether (sulfide) groups is 1. The SMILES string of the molecule is CCSC1CCCCC1NC[C@H](O)CC. The smallest absolute Gasteiger partial charge is 0.0662 e. The highest BCUT2D eigenvalue weighted by molar-refractivity contribution is 7.99. The summed E-state index contributed by atoms with van der Waals surface area (Å²) in [6, 6.07) is 0.630. The Bertz CT molecular complexity index is 164. The van der Waals surface area contributed by atoms with Crippen molar-refractivity contribution in [2.45, 2.75) is 63.3 Å². The lowest BCUT2D eigenvalue weighted by Crippen LogP contribution is -2.43. The summed E-state index contributed by atoms with van der Waals surface area (Å²) in [5.41, 5.74) is 0. The van der Waals surface area contributed by atoms with Crippen molar-refractivity contribution < 1.29 is 5.11 Å². The summed E-state index contributed by atoms with van der Waals surface area (Å²) in [5.74, 6) is 1.21. The summed E-state index contributed by atoms with van der Waals surface area (Å²) >= 11 is 2.08. The van der Waals surface area contributed by atoms with Gasteiger partial charge in [0.05, 0.1) is 6.10 Å². The van der Waals surface area contributed by atoms with Crippen LogP contribution in [-0.2, 0) is 0 Å². The van der Waals surface area contributed by atoms with Crippen LogP contribution >= 0.6 is 11.8 Å². The van der Waals surface area contributed by atoms with Crippen molar-refractivity contribution in [3.05, 3.63) is 0 Å². The summed E-state index contributed by atoms with van der Waals surface area (Å²) in [5, 5.41) is 13.8. The van der Waals surface area contributed by atoms with Gasteiger partial charge in [0.1, 0.15) is 0 Å². The van der Waals surface area contributed by atoms with Crippen LogP contribution in [0.5, 0.6) is 0 Å². The zero-order chi connectivity index (χ0) is 11.1. The molecule has 1 aliphatic rings. The zero-order valence-electron chi connectivity index (χ0n) is 10.0. The predicted molar refractivity (Wildman–Crippen MR) is 68.5 cm³/mol. The summed E-state index contributed by atoms with van der Waals surface area (Å²) in [7, 11) is 0. The van der Waals surface area contributed by atoms with Crippen LogP contribution in [0.3, 0.4) is 0 Å². The fourth-order valence-electron chi connectivity index (χ4n) is 2.18. The molecule has 0 aliphatic heterocycles. The molecule has 3 heteroatoms. The summed E-state index contributed by atoms with van der Waals surface area (Å²) < 4.78 is 0. The molecule has 0 radical (unpaired) electrons. The molecule has 2 nitrogen and oxygen atoms in total. The van der Waals surface area contributed by atoms with E-state index in [1.54, 1.807) is 0 Å². The first-order valence-electron chi connectivity index (χ1n) is 6.31. The quantitative estimate of drug-likeness (QED) is 0.736. The normalized spacial score (nSPS) is 29.0. The summed E-state index contributed by atoms with van der Waals surface area (Å²) in [6.07, 6.45) is 6.05. The second kappa shape index (κ2) is 7.53. The monoisotopic (exact) mass is 231 g/mol. The molecule has 90 valence electrons. The van der Waals surface area contributed by atoms with Gasteiger partial charge in [0.2, 0.25) is 0 Å². The molecule has 0 aromatic carbocycles. The van der Waals surface area contributed by atoms with E-state index in [1.165, 1.54) is 31.4 Å². The van der Waals surface area contributed by atoms with Crippen LogP contribution in [0.15, 0.2) is 0 Å². The largest absolute Gasteiger partial charge is 0.392 e. The molecule has 2 unspecified atom stereocenters. The Balaban J connectivity index is 2.28. The Morgan fingerprint density at radius 1 is 1.33 bits per heavy atom. The van der Waals surface area contributed by atoms with Crippen molar-refractivity contribution >= 4 is 11.8 Å². The highest BCUT2D eigenvalue weighted by atomic mass is 32.2. The van der Waals surface area contributed by atoms with Gasteiger partial charge in [0.15, 0.2) is 0 Å². The van der Waals surface area contributed by atoms with Gasteiger partial charge in [-0.05, 0) is 25.0 Å². The first-order chi connectivity index (χ1) is 7.27. The van der Waals surface area contributed by atoms with Gasteiger partial charge in [0, 0.05) is 17.8 Å². The van der Waals surface area contributed by atoms with Crippen LogP contribution in [-0.4, -0.2) is 34.8 Å². The van der Waals surface area contributed by atoms with Crippen LogP contribution in [0.25, 0.3) is 0 Å². The third-order valence-electron chi connectivity index (χ3n) is 3.17. The van der Waals surface area contributed by atoms with Gasteiger partial charge in [-0.2, -0.15) is 11.8 Å². The number of rotatable bonds is 6. The maximum absolute atomic E-state index is 9.54. The van der Waals surface area contributed by atoms with E-state index in [0.29, 0.717) is 6.04 Å². The Morgan fingerprint density at radius 2 is 2.07 bits per heavy atom. The van der Waals surface area contributed by atoms with E-state index >= 15 is 0 Å². The molecule has 0 saturated heterocycles. The van der Waals surface area contributed by atoms with Gasteiger partial charge in [-0.15, -0.1) is 0 Å². The molecule has 1 saturated carbocycles. The molecular weight excluding hydrogens is 206 g/mol. The molecule has 1 rings (SSSR count). The Morgan fingerprint density at radius 3 is 2.73 bits per heavy atom. The minimum Gasteiger partial charge on any atom is -0.392 e. The van der Waals surface area contributed by atoms with Gasteiger partial charge in [-0.25, -0.2) is 0 Å². The number of nitrogens with one attached hydrogen (secondary N) is 1. The second-order valence-corrected chi connectivity index (χ2v) is 5.87. The average molecular weight is 231 g/mol. The van der Waals surface area contributed by atoms with Gasteiger partial charge in [-0.3, -0.25) is 0 Å². The van der Waals surface area contributed by atoms with Crippen molar-refractivity contribution in [2.75, 3.05) is 12.3 Å².